The molecule has 0 spiro atoms. The summed E-state index contributed by atoms with van der Waals surface area (Å²) in [5.74, 6) is -2.00. The number of hydrogen-bond acceptors (Lipinski definition) is 10. The number of nitriles is 1. The van der Waals surface area contributed by atoms with Crippen molar-refractivity contribution >= 4 is 40.7 Å². The number of imide groups is 2. The highest BCUT2D eigenvalue weighted by Crippen LogP contribution is 2.48. The topological polar surface area (TPSA) is 152 Å². The number of piperidine rings is 1. The fraction of sp³-hybridized carbons (Fsp3) is 0.395. The first kappa shape index (κ1) is 35.8. The lowest BCUT2D eigenvalue weighted by atomic mass is 9.81. The van der Waals surface area contributed by atoms with Crippen molar-refractivity contribution in [3.63, 3.8) is 0 Å². The van der Waals surface area contributed by atoms with E-state index in [1.165, 1.54) is 6.07 Å². The molecule has 3 aliphatic heterocycles. The van der Waals surface area contributed by atoms with Crippen LogP contribution in [-0.4, -0.2) is 76.3 Å². The number of aromatic nitrogens is 1. The number of benzene rings is 3. The Morgan fingerprint density at radius 3 is 2.36 bits per heavy atom. The van der Waals surface area contributed by atoms with Gasteiger partial charge in [0.1, 0.15) is 17.6 Å². The van der Waals surface area contributed by atoms with Crippen molar-refractivity contribution < 1.29 is 28.1 Å². The fourth-order valence-electron chi connectivity index (χ4n) is 8.95. The number of halogens is 1. The third-order valence-corrected chi connectivity index (χ3v) is 12.5. The summed E-state index contributed by atoms with van der Waals surface area (Å²) in [4.78, 5) is 56.1. The summed E-state index contributed by atoms with van der Waals surface area (Å²) in [5.41, 5.74) is 7.08. The van der Waals surface area contributed by atoms with Crippen LogP contribution in [0.5, 0.6) is 0 Å². The molecule has 4 aromatic rings. The molecule has 9 rings (SSSR count). The monoisotopic (exact) mass is 755 g/mol. The van der Waals surface area contributed by atoms with E-state index in [2.05, 4.69) is 81.0 Å². The number of carbonyl (C=O) groups excluding carboxylic acids is 4. The van der Waals surface area contributed by atoms with Crippen LogP contribution in [0.3, 0.4) is 0 Å². The fourth-order valence-corrected chi connectivity index (χ4v) is 8.95. The van der Waals surface area contributed by atoms with Gasteiger partial charge in [-0.1, -0.05) is 29.4 Å². The van der Waals surface area contributed by atoms with Crippen LogP contribution in [0.25, 0.3) is 11.1 Å². The molecule has 1 atom stereocenters. The summed E-state index contributed by atoms with van der Waals surface area (Å²) in [6, 6.07) is 19.2. The quantitative estimate of drug-likeness (QED) is 0.182. The van der Waals surface area contributed by atoms with Gasteiger partial charge >= 0.3 is 0 Å². The highest BCUT2D eigenvalue weighted by Gasteiger charge is 2.47. The van der Waals surface area contributed by atoms with Crippen LogP contribution in [0.1, 0.15) is 81.8 Å². The zero-order valence-corrected chi connectivity index (χ0v) is 31.5. The van der Waals surface area contributed by atoms with Crippen LogP contribution in [0.2, 0.25) is 0 Å². The standard InChI is InChI=1S/C43H42FN7O5/c1-23-4-5-27(39-24(2)48-56-25(39)3)14-37(23)50(30-8-6-28(7-9-30)43(22-45)12-13-43)21-26-19-49(20-26)31-15-29(16-31)46-35-18-33-32(17-34(35)44)41(54)51(42(33)55)36-10-11-38(52)47-40(36)53/h4-9,14,17-18,26,29,31,36,46H,10-13,15-16,19-21H2,1-3H3,(H,47,52,53). The zero-order chi connectivity index (χ0) is 39.0. The van der Waals surface area contributed by atoms with Crippen molar-refractivity contribution in [1.82, 2.24) is 20.3 Å². The molecule has 4 amide bonds. The van der Waals surface area contributed by atoms with Crippen molar-refractivity contribution in [1.29, 1.82) is 5.26 Å². The Morgan fingerprint density at radius 2 is 1.71 bits per heavy atom. The lowest BCUT2D eigenvalue weighted by Crippen LogP contribution is -2.60. The minimum atomic E-state index is -1.11. The number of aryl methyl sites for hydroxylation is 3. The average Bonchev–Trinajstić information content (AvgIpc) is 3.83. The average molecular weight is 756 g/mol. The molecule has 0 radical (unpaired) electrons. The molecule has 3 aromatic carbocycles. The maximum atomic E-state index is 15.3. The first-order valence-electron chi connectivity index (χ1n) is 19.3. The predicted octanol–water partition coefficient (Wildman–Crippen LogP) is 6.08. The van der Waals surface area contributed by atoms with Gasteiger partial charge < -0.3 is 14.7 Å². The molecule has 12 nitrogen and oxygen atoms in total. The first-order chi connectivity index (χ1) is 26.9. The van der Waals surface area contributed by atoms with Crippen LogP contribution >= 0.6 is 0 Å². The second kappa shape index (κ2) is 13.4. The minimum absolute atomic E-state index is 0.00190. The van der Waals surface area contributed by atoms with E-state index in [9.17, 15) is 24.4 Å². The summed E-state index contributed by atoms with van der Waals surface area (Å²) in [5, 5.41) is 19.4. The maximum Gasteiger partial charge on any atom is 0.262 e. The molecular formula is C43H42FN7O5. The van der Waals surface area contributed by atoms with Gasteiger partial charge in [-0.2, -0.15) is 5.26 Å². The SMILES string of the molecule is Cc1ccc(-c2c(C)noc2C)cc1N(CC1CN(C2CC(Nc3cc4c(cc3F)C(=O)N(C3CCC(=O)NC3=O)C4=O)C2)C1)c1ccc(C2(C#N)CC2)cc1. The number of anilines is 3. The number of fused-ring (bicyclic) bond motifs is 1. The zero-order valence-electron chi connectivity index (χ0n) is 31.5. The Kier molecular flexibility index (Phi) is 8.57. The molecule has 286 valence electrons. The molecular weight excluding hydrogens is 714 g/mol. The third kappa shape index (κ3) is 6.03. The minimum Gasteiger partial charge on any atom is -0.380 e. The van der Waals surface area contributed by atoms with Gasteiger partial charge in [0, 0.05) is 61.0 Å². The van der Waals surface area contributed by atoms with Crippen molar-refractivity contribution in [2.75, 3.05) is 29.9 Å². The maximum absolute atomic E-state index is 15.3. The van der Waals surface area contributed by atoms with Crippen molar-refractivity contribution in [3.05, 3.63) is 94.1 Å². The van der Waals surface area contributed by atoms with E-state index in [-0.39, 0.29) is 41.1 Å². The highest BCUT2D eigenvalue weighted by atomic mass is 19.1. The van der Waals surface area contributed by atoms with Gasteiger partial charge in [0.05, 0.1) is 34.0 Å². The predicted molar refractivity (Wildman–Crippen MR) is 205 cm³/mol. The van der Waals surface area contributed by atoms with E-state index < -0.39 is 35.5 Å². The second-order valence-corrected chi connectivity index (χ2v) is 16.2. The molecule has 56 heavy (non-hydrogen) atoms. The Balaban J connectivity index is 0.861. The number of hydrogen-bond donors (Lipinski definition) is 2. The van der Waals surface area contributed by atoms with E-state index in [1.54, 1.807) is 0 Å². The number of nitrogens with zero attached hydrogens (tertiary/aromatic N) is 5. The van der Waals surface area contributed by atoms with Crippen LogP contribution in [-0.2, 0) is 15.0 Å². The van der Waals surface area contributed by atoms with Gasteiger partial charge in [-0.3, -0.25) is 34.3 Å². The molecule has 0 bridgehead atoms. The molecule has 1 unspecified atom stereocenters. The van der Waals surface area contributed by atoms with Crippen molar-refractivity contribution in [3.8, 4) is 17.2 Å². The Morgan fingerprint density at radius 1 is 1.00 bits per heavy atom. The lowest BCUT2D eigenvalue weighted by molar-refractivity contribution is -0.136. The summed E-state index contributed by atoms with van der Waals surface area (Å²) in [7, 11) is 0. The van der Waals surface area contributed by atoms with Crippen LogP contribution in [0, 0.1) is 43.8 Å². The molecule has 2 N–H and O–H groups in total. The molecule has 2 aliphatic carbocycles. The third-order valence-electron chi connectivity index (χ3n) is 12.5. The number of amides is 4. The van der Waals surface area contributed by atoms with Crippen molar-refractivity contribution in [2.24, 2.45) is 5.92 Å². The van der Waals surface area contributed by atoms with Crippen LogP contribution in [0.4, 0.5) is 21.5 Å². The summed E-state index contributed by atoms with van der Waals surface area (Å²) >= 11 is 0. The lowest BCUT2D eigenvalue weighted by Gasteiger charge is -2.52. The van der Waals surface area contributed by atoms with Gasteiger partial charge in [0.25, 0.3) is 11.8 Å². The van der Waals surface area contributed by atoms with Gasteiger partial charge in [-0.15, -0.1) is 0 Å². The molecule has 5 aliphatic rings. The summed E-state index contributed by atoms with van der Waals surface area (Å²) < 4.78 is 20.8. The summed E-state index contributed by atoms with van der Waals surface area (Å²) in [6.45, 7) is 8.67. The second-order valence-electron chi connectivity index (χ2n) is 16.2. The van der Waals surface area contributed by atoms with E-state index in [0.29, 0.717) is 12.0 Å². The van der Waals surface area contributed by atoms with Gasteiger partial charge in [-0.05, 0) is 99.9 Å². The molecule has 4 heterocycles. The molecule has 4 fully saturated rings. The Hall–Kier alpha value is -5.87. The number of rotatable bonds is 10. The molecule has 2 saturated carbocycles. The smallest absolute Gasteiger partial charge is 0.262 e. The largest absolute Gasteiger partial charge is 0.380 e. The Bertz CT molecular complexity index is 2330. The van der Waals surface area contributed by atoms with E-state index in [0.717, 1.165) is 101 Å². The molecule has 13 heteroatoms. The first-order valence-corrected chi connectivity index (χ1v) is 19.3. The highest BCUT2D eigenvalue weighted by molar-refractivity contribution is 6.23. The van der Waals surface area contributed by atoms with Crippen molar-refractivity contribution in [2.45, 2.75) is 82.8 Å². The molecule has 2 saturated heterocycles. The van der Waals surface area contributed by atoms with E-state index >= 15 is 4.39 Å². The Labute approximate surface area is 323 Å². The molecule has 1 aromatic heterocycles. The van der Waals surface area contributed by atoms with Gasteiger partial charge in [-0.25, -0.2) is 4.39 Å². The van der Waals surface area contributed by atoms with E-state index in [1.807, 2.05) is 13.8 Å². The van der Waals surface area contributed by atoms with E-state index in [4.69, 9.17) is 4.52 Å². The van der Waals surface area contributed by atoms with Crippen LogP contribution in [0.15, 0.2) is 59.1 Å². The van der Waals surface area contributed by atoms with Gasteiger partial charge in [0.15, 0.2) is 0 Å². The normalized spacial score (nSPS) is 22.9. The number of nitrogens with one attached hydrogen (secondary N) is 2. The number of likely N-dealkylation sites (tertiary alicyclic amines) is 1. The summed E-state index contributed by atoms with van der Waals surface area (Å²) in [6.07, 6.45) is 3.46. The van der Waals surface area contributed by atoms with Gasteiger partial charge in [0.2, 0.25) is 11.8 Å². The number of carbonyl (C=O) groups is 4. The van der Waals surface area contributed by atoms with Crippen LogP contribution < -0.4 is 15.5 Å².